The van der Waals surface area contributed by atoms with E-state index in [-0.39, 0.29) is 5.92 Å². The number of carbonyl (C=O) groups excluding carboxylic acids is 1. The second-order valence-electron chi connectivity index (χ2n) is 8.02. The van der Waals surface area contributed by atoms with Crippen LogP contribution in [0.4, 0.5) is 5.82 Å². The van der Waals surface area contributed by atoms with E-state index >= 15 is 0 Å². The maximum Gasteiger partial charge on any atom is 0.250 e. The number of allylic oxidation sites excluding steroid dienone is 2. The summed E-state index contributed by atoms with van der Waals surface area (Å²) >= 11 is 0. The highest BCUT2D eigenvalue weighted by Gasteiger charge is 2.18. The van der Waals surface area contributed by atoms with E-state index in [1.54, 1.807) is 24.5 Å². The lowest BCUT2D eigenvalue weighted by atomic mass is 9.92. The summed E-state index contributed by atoms with van der Waals surface area (Å²) in [5.41, 5.74) is 8.64. The number of aromatic nitrogens is 4. The zero-order valence-corrected chi connectivity index (χ0v) is 17.8. The van der Waals surface area contributed by atoms with E-state index in [0.717, 1.165) is 35.0 Å². The topological polar surface area (TPSA) is 142 Å². The van der Waals surface area contributed by atoms with Gasteiger partial charge in [0.05, 0.1) is 11.1 Å². The molecule has 1 aromatic carbocycles. The molecule has 5 N–H and O–H groups in total. The fourth-order valence-corrected chi connectivity index (χ4v) is 4.18. The number of aromatic amines is 1. The third-order valence-corrected chi connectivity index (χ3v) is 5.82. The van der Waals surface area contributed by atoms with Crippen molar-refractivity contribution in [3.63, 3.8) is 0 Å². The third kappa shape index (κ3) is 4.18. The van der Waals surface area contributed by atoms with E-state index in [2.05, 4.69) is 36.3 Å². The normalized spacial score (nSPS) is 18.1. The summed E-state index contributed by atoms with van der Waals surface area (Å²) in [7, 11) is 0. The Hall–Kier alpha value is -4.11. The van der Waals surface area contributed by atoms with Crippen LogP contribution in [0.2, 0.25) is 0 Å². The maximum absolute atomic E-state index is 11.7. The van der Waals surface area contributed by atoms with E-state index in [4.69, 9.17) is 5.73 Å². The minimum atomic E-state index is -0.965. The predicted molar refractivity (Wildman–Crippen MR) is 127 cm³/mol. The number of fused-ring (bicyclic) bond motifs is 2. The summed E-state index contributed by atoms with van der Waals surface area (Å²) in [5, 5.41) is 15.7. The Morgan fingerprint density at radius 2 is 2.12 bits per heavy atom. The molecule has 3 aromatic heterocycles. The van der Waals surface area contributed by atoms with Gasteiger partial charge in [0.1, 0.15) is 17.8 Å². The summed E-state index contributed by atoms with van der Waals surface area (Å²) in [5.74, 6) is 0.408. The molecular weight excluding hydrogens is 418 g/mol. The molecule has 5 rings (SSSR count). The number of hydrogen-bond acceptors (Lipinski definition) is 7. The van der Waals surface area contributed by atoms with E-state index in [0.29, 0.717) is 29.0 Å². The number of anilines is 1. The number of nitrogens with one attached hydrogen (secondary N) is 2. The molecular formula is C24H23N7O2. The Morgan fingerprint density at radius 3 is 3.00 bits per heavy atom. The van der Waals surface area contributed by atoms with Crippen LogP contribution in [-0.4, -0.2) is 43.2 Å². The first-order valence-electron chi connectivity index (χ1n) is 10.7. The van der Waals surface area contributed by atoms with E-state index < -0.39 is 12.1 Å². The molecule has 9 nitrogen and oxygen atoms in total. The molecule has 1 aliphatic rings. The van der Waals surface area contributed by atoms with Gasteiger partial charge in [-0.05, 0) is 49.1 Å². The van der Waals surface area contributed by atoms with E-state index in [9.17, 15) is 9.90 Å². The Bertz CT molecular complexity index is 1390. The number of aliphatic hydroxyl groups excluding tert-OH is 1. The van der Waals surface area contributed by atoms with Gasteiger partial charge in [-0.1, -0.05) is 12.1 Å². The number of pyridine rings is 1. The molecule has 0 fully saturated rings. The largest absolute Gasteiger partial charge is 0.369 e. The minimum Gasteiger partial charge on any atom is -0.369 e. The molecule has 0 bridgehead atoms. The SMILES string of the molecule is NC(=O)c1cccc2c(NCC3CC=C/C(=N/C(O)c4c[nH]c5ncccc45)C3)ncnc12. The van der Waals surface area contributed by atoms with E-state index in [1.165, 1.54) is 6.33 Å². The van der Waals surface area contributed by atoms with Crippen molar-refractivity contribution in [2.75, 3.05) is 11.9 Å². The molecule has 0 radical (unpaired) electrons. The monoisotopic (exact) mass is 441 g/mol. The number of para-hydroxylation sites is 1. The van der Waals surface area contributed by atoms with Crippen molar-refractivity contribution in [2.45, 2.75) is 19.1 Å². The number of H-pyrrole nitrogens is 1. The van der Waals surface area contributed by atoms with Crippen molar-refractivity contribution >= 4 is 39.4 Å². The summed E-state index contributed by atoms with van der Waals surface area (Å²) in [6.07, 6.45) is 9.55. The Kier molecular flexibility index (Phi) is 5.54. The molecule has 2 unspecified atom stereocenters. The number of aliphatic imine (C=N–C) groups is 1. The van der Waals surface area contributed by atoms with E-state index in [1.807, 2.05) is 24.3 Å². The smallest absolute Gasteiger partial charge is 0.250 e. The highest BCUT2D eigenvalue weighted by atomic mass is 16.3. The van der Waals surface area contributed by atoms with Crippen molar-refractivity contribution in [2.24, 2.45) is 16.6 Å². The Labute approximate surface area is 189 Å². The number of benzene rings is 1. The van der Waals surface area contributed by atoms with Gasteiger partial charge in [-0.15, -0.1) is 0 Å². The van der Waals surface area contributed by atoms with Gasteiger partial charge in [-0.3, -0.25) is 9.79 Å². The predicted octanol–water partition coefficient (Wildman–Crippen LogP) is 3.12. The van der Waals surface area contributed by atoms with Crippen LogP contribution in [0.5, 0.6) is 0 Å². The van der Waals surface area contributed by atoms with Crippen LogP contribution in [0.1, 0.15) is 35.0 Å². The zero-order chi connectivity index (χ0) is 22.8. The van der Waals surface area contributed by atoms with Gasteiger partial charge in [0.2, 0.25) is 0 Å². The lowest BCUT2D eigenvalue weighted by molar-refractivity contribution is 0.100. The molecule has 2 atom stereocenters. The molecule has 0 spiro atoms. The average Bonchev–Trinajstić information content (AvgIpc) is 3.27. The molecule has 1 aliphatic carbocycles. The molecule has 0 saturated heterocycles. The molecule has 33 heavy (non-hydrogen) atoms. The number of carbonyl (C=O) groups is 1. The number of rotatable bonds is 6. The Balaban J connectivity index is 1.30. The fourth-order valence-electron chi connectivity index (χ4n) is 4.18. The number of nitrogens with two attached hydrogens (primary N) is 1. The number of hydrogen-bond donors (Lipinski definition) is 4. The molecule has 0 aliphatic heterocycles. The first kappa shape index (κ1) is 20.8. The number of primary amides is 1. The van der Waals surface area contributed by atoms with Gasteiger partial charge in [0, 0.05) is 41.0 Å². The first-order valence-corrected chi connectivity index (χ1v) is 10.7. The van der Waals surface area contributed by atoms with Crippen molar-refractivity contribution in [3.05, 3.63) is 72.3 Å². The molecule has 1 amide bonds. The second-order valence-corrected chi connectivity index (χ2v) is 8.02. The molecule has 9 heteroatoms. The fraction of sp³-hybridized carbons (Fsp3) is 0.208. The van der Waals surface area contributed by atoms with Gasteiger partial charge in [-0.2, -0.15) is 0 Å². The lowest BCUT2D eigenvalue weighted by Gasteiger charge is -2.21. The summed E-state index contributed by atoms with van der Waals surface area (Å²) in [6.45, 7) is 0.656. The van der Waals surface area contributed by atoms with Crippen molar-refractivity contribution in [1.82, 2.24) is 19.9 Å². The first-order chi connectivity index (χ1) is 16.1. The second kappa shape index (κ2) is 8.79. The van der Waals surface area contributed by atoms with Crippen molar-refractivity contribution < 1.29 is 9.90 Å². The van der Waals surface area contributed by atoms with Crippen molar-refractivity contribution in [3.8, 4) is 0 Å². The highest BCUT2D eigenvalue weighted by Crippen LogP contribution is 2.27. The molecule has 166 valence electrons. The van der Waals surface area contributed by atoms with Gasteiger partial charge in [0.15, 0.2) is 6.23 Å². The quantitative estimate of drug-likeness (QED) is 0.362. The zero-order valence-electron chi connectivity index (χ0n) is 17.8. The standard InChI is InChI=1S/C24H23N7O2/c25-21(32)17-6-2-7-18-20(17)29-13-30-23(18)27-11-14-4-1-5-15(10-14)31-24(33)19-12-28-22-16(19)8-3-9-26-22/h1-3,5-9,12-14,24,33H,4,10-11H2,(H2,25,32)(H,26,28)(H,27,29,30)/b31-15-. The van der Waals surface area contributed by atoms with Gasteiger partial charge >= 0.3 is 0 Å². The Morgan fingerprint density at radius 1 is 1.24 bits per heavy atom. The number of nitrogens with zero attached hydrogens (tertiary/aromatic N) is 4. The van der Waals surface area contributed by atoms with Gasteiger partial charge < -0.3 is 21.1 Å². The number of aliphatic hydroxyl groups is 1. The average molecular weight is 441 g/mol. The van der Waals surface area contributed by atoms with Crippen LogP contribution in [0.15, 0.2) is 66.2 Å². The van der Waals surface area contributed by atoms with Crippen LogP contribution >= 0.6 is 0 Å². The van der Waals surface area contributed by atoms with Crippen LogP contribution in [0, 0.1) is 5.92 Å². The van der Waals surface area contributed by atoms with Crippen LogP contribution in [0.25, 0.3) is 21.9 Å². The molecule has 3 heterocycles. The van der Waals surface area contributed by atoms with Gasteiger partial charge in [-0.25, -0.2) is 15.0 Å². The molecule has 4 aromatic rings. The highest BCUT2D eigenvalue weighted by molar-refractivity contribution is 6.06. The van der Waals surface area contributed by atoms with Gasteiger partial charge in [0.25, 0.3) is 5.91 Å². The summed E-state index contributed by atoms with van der Waals surface area (Å²) in [4.78, 5) is 32.2. The third-order valence-electron chi connectivity index (χ3n) is 5.82. The van der Waals surface area contributed by atoms with Crippen molar-refractivity contribution in [1.29, 1.82) is 0 Å². The van der Waals surface area contributed by atoms with Crippen LogP contribution < -0.4 is 11.1 Å². The van der Waals surface area contributed by atoms with Crippen LogP contribution in [-0.2, 0) is 0 Å². The summed E-state index contributed by atoms with van der Waals surface area (Å²) in [6, 6.07) is 9.05. The molecule has 0 saturated carbocycles. The lowest BCUT2D eigenvalue weighted by Crippen LogP contribution is -2.21. The van der Waals surface area contributed by atoms with Crippen LogP contribution in [0.3, 0.4) is 0 Å². The minimum absolute atomic E-state index is 0.273. The number of amides is 1. The summed E-state index contributed by atoms with van der Waals surface area (Å²) < 4.78 is 0. The maximum atomic E-state index is 11.7.